The quantitative estimate of drug-likeness (QED) is 0.836. The van der Waals surface area contributed by atoms with Crippen LogP contribution in [0.4, 0.5) is 0 Å². The average Bonchev–Trinajstić information content (AvgIpc) is 3.42. The second kappa shape index (κ2) is 7.23. The summed E-state index contributed by atoms with van der Waals surface area (Å²) in [4.78, 5) is 19.3. The van der Waals surface area contributed by atoms with E-state index in [4.69, 9.17) is 4.74 Å². The van der Waals surface area contributed by atoms with Gasteiger partial charge in [0, 0.05) is 31.7 Å². The smallest absolute Gasteiger partial charge is 0.253 e. The standard InChI is InChI=1S/C18H25N3O2/c1-13-5-3-4-6-15(13)16(19-2)12-21(14-7-8-14)18(22)17-11-20-9-10-23-17/h3-6,14,17,20H,7-12H2,1-2H3/b19-16-/t17-/m1/s1. The van der Waals surface area contributed by atoms with Crippen molar-refractivity contribution in [3.63, 3.8) is 0 Å². The average molecular weight is 315 g/mol. The van der Waals surface area contributed by atoms with Gasteiger partial charge in [-0.2, -0.15) is 0 Å². The number of nitrogens with zero attached hydrogens (tertiary/aromatic N) is 2. The number of morpholine rings is 1. The van der Waals surface area contributed by atoms with Crippen molar-refractivity contribution in [2.75, 3.05) is 33.3 Å². The van der Waals surface area contributed by atoms with E-state index >= 15 is 0 Å². The molecule has 1 aromatic carbocycles. The molecule has 3 rings (SSSR count). The summed E-state index contributed by atoms with van der Waals surface area (Å²) in [5, 5.41) is 3.24. The van der Waals surface area contributed by atoms with Crippen LogP contribution in [0, 0.1) is 6.92 Å². The van der Waals surface area contributed by atoms with Crippen molar-refractivity contribution >= 4 is 11.6 Å². The Morgan fingerprint density at radius 3 is 2.78 bits per heavy atom. The molecule has 1 aromatic rings. The van der Waals surface area contributed by atoms with Gasteiger partial charge in [-0.15, -0.1) is 0 Å². The topological polar surface area (TPSA) is 53.9 Å². The highest BCUT2D eigenvalue weighted by molar-refractivity contribution is 6.04. The number of amides is 1. The Labute approximate surface area is 137 Å². The highest BCUT2D eigenvalue weighted by atomic mass is 16.5. The first-order chi connectivity index (χ1) is 11.2. The minimum absolute atomic E-state index is 0.0921. The number of hydrogen-bond donors (Lipinski definition) is 1. The lowest BCUT2D eigenvalue weighted by Crippen LogP contribution is -2.51. The molecule has 0 radical (unpaired) electrons. The van der Waals surface area contributed by atoms with Crippen molar-refractivity contribution in [1.29, 1.82) is 0 Å². The normalized spacial score (nSPS) is 22.0. The van der Waals surface area contributed by atoms with Crippen LogP contribution in [0.1, 0.15) is 24.0 Å². The third-order valence-corrected chi connectivity index (χ3v) is 4.52. The number of aliphatic imine (C=N–C) groups is 1. The summed E-state index contributed by atoms with van der Waals surface area (Å²) in [5.41, 5.74) is 3.27. The molecule has 1 amide bonds. The Morgan fingerprint density at radius 2 is 2.17 bits per heavy atom. The Morgan fingerprint density at radius 1 is 1.39 bits per heavy atom. The molecule has 1 atom stereocenters. The highest BCUT2D eigenvalue weighted by Crippen LogP contribution is 2.28. The SMILES string of the molecule is C/N=C(/CN(C(=O)[C@H]1CNCCO1)C1CC1)c1ccccc1C. The number of hydrogen-bond acceptors (Lipinski definition) is 4. The lowest BCUT2D eigenvalue weighted by Gasteiger charge is -2.30. The molecular weight excluding hydrogens is 290 g/mol. The monoisotopic (exact) mass is 315 g/mol. The van der Waals surface area contributed by atoms with Crippen molar-refractivity contribution in [2.24, 2.45) is 4.99 Å². The summed E-state index contributed by atoms with van der Waals surface area (Å²) in [7, 11) is 1.80. The number of rotatable bonds is 5. The van der Waals surface area contributed by atoms with Gasteiger partial charge in [0.15, 0.2) is 0 Å². The molecule has 1 N–H and O–H groups in total. The van der Waals surface area contributed by atoms with E-state index in [1.807, 2.05) is 17.0 Å². The van der Waals surface area contributed by atoms with Crippen LogP contribution < -0.4 is 5.32 Å². The second-order valence-corrected chi connectivity index (χ2v) is 6.25. The first-order valence-corrected chi connectivity index (χ1v) is 8.35. The summed E-state index contributed by atoms with van der Waals surface area (Å²) in [6, 6.07) is 8.54. The van der Waals surface area contributed by atoms with Gasteiger partial charge in [-0.1, -0.05) is 24.3 Å². The molecule has 1 aliphatic carbocycles. The molecule has 2 aliphatic rings. The lowest BCUT2D eigenvalue weighted by molar-refractivity contribution is -0.145. The summed E-state index contributed by atoms with van der Waals surface area (Å²) in [6.07, 6.45) is 1.80. The van der Waals surface area contributed by atoms with Crippen LogP contribution in [0.25, 0.3) is 0 Å². The molecule has 1 saturated carbocycles. The van der Waals surface area contributed by atoms with Crippen molar-refractivity contribution < 1.29 is 9.53 Å². The maximum absolute atomic E-state index is 12.9. The van der Waals surface area contributed by atoms with Gasteiger partial charge in [0.25, 0.3) is 5.91 Å². The van der Waals surface area contributed by atoms with Crippen molar-refractivity contribution in [3.8, 4) is 0 Å². The van der Waals surface area contributed by atoms with Crippen LogP contribution in [0.3, 0.4) is 0 Å². The van der Waals surface area contributed by atoms with Crippen LogP contribution >= 0.6 is 0 Å². The van der Waals surface area contributed by atoms with E-state index < -0.39 is 0 Å². The minimum atomic E-state index is -0.362. The van der Waals surface area contributed by atoms with Crippen LogP contribution in [0.5, 0.6) is 0 Å². The molecule has 5 nitrogen and oxygen atoms in total. The largest absolute Gasteiger partial charge is 0.366 e. The number of ether oxygens (including phenoxy) is 1. The third kappa shape index (κ3) is 3.79. The van der Waals surface area contributed by atoms with Gasteiger partial charge >= 0.3 is 0 Å². The van der Waals surface area contributed by atoms with Gasteiger partial charge in [0.2, 0.25) is 0 Å². The summed E-state index contributed by atoms with van der Waals surface area (Å²) in [6.45, 7) is 4.66. The third-order valence-electron chi connectivity index (χ3n) is 4.52. The van der Waals surface area contributed by atoms with Crippen LogP contribution in [0.2, 0.25) is 0 Å². The van der Waals surface area contributed by atoms with Gasteiger partial charge in [0.1, 0.15) is 6.10 Å². The van der Waals surface area contributed by atoms with Crippen LogP contribution in [-0.4, -0.2) is 62.0 Å². The fraction of sp³-hybridized carbons (Fsp3) is 0.556. The fourth-order valence-electron chi connectivity index (χ4n) is 3.02. The molecule has 1 aliphatic heterocycles. The Balaban J connectivity index is 1.76. The Kier molecular flexibility index (Phi) is 5.08. The molecule has 5 heteroatoms. The number of aryl methyl sites for hydroxylation is 1. The maximum Gasteiger partial charge on any atom is 0.253 e. The number of carbonyl (C=O) groups is 1. The Bertz CT molecular complexity index is 590. The second-order valence-electron chi connectivity index (χ2n) is 6.25. The van der Waals surface area contributed by atoms with Gasteiger partial charge in [-0.3, -0.25) is 9.79 Å². The first-order valence-electron chi connectivity index (χ1n) is 8.35. The number of benzene rings is 1. The first kappa shape index (κ1) is 16.1. The van der Waals surface area contributed by atoms with Gasteiger partial charge in [0.05, 0.1) is 18.9 Å². The van der Waals surface area contributed by atoms with E-state index in [0.29, 0.717) is 25.7 Å². The van der Waals surface area contributed by atoms with E-state index in [2.05, 4.69) is 29.4 Å². The number of nitrogens with one attached hydrogen (secondary N) is 1. The predicted molar refractivity (Wildman–Crippen MR) is 91.0 cm³/mol. The number of carbonyl (C=O) groups excluding carboxylic acids is 1. The maximum atomic E-state index is 12.9. The van der Waals surface area contributed by atoms with Crippen molar-refractivity contribution in [1.82, 2.24) is 10.2 Å². The van der Waals surface area contributed by atoms with E-state index in [-0.39, 0.29) is 12.0 Å². The zero-order valence-corrected chi connectivity index (χ0v) is 13.9. The highest BCUT2D eigenvalue weighted by Gasteiger charge is 2.37. The zero-order chi connectivity index (χ0) is 16.2. The summed E-state index contributed by atoms with van der Waals surface area (Å²) < 4.78 is 5.65. The molecule has 2 fully saturated rings. The predicted octanol–water partition coefficient (Wildman–Crippen LogP) is 1.39. The summed E-state index contributed by atoms with van der Waals surface area (Å²) >= 11 is 0. The van der Waals surface area contributed by atoms with Gasteiger partial charge in [-0.25, -0.2) is 0 Å². The molecule has 0 spiro atoms. The van der Waals surface area contributed by atoms with E-state index in [1.54, 1.807) is 7.05 Å². The molecule has 124 valence electrons. The molecule has 1 saturated heterocycles. The molecule has 0 bridgehead atoms. The molecule has 0 aromatic heterocycles. The van der Waals surface area contributed by atoms with Gasteiger partial charge in [-0.05, 0) is 25.3 Å². The van der Waals surface area contributed by atoms with E-state index in [0.717, 1.165) is 30.7 Å². The van der Waals surface area contributed by atoms with Crippen molar-refractivity contribution in [2.45, 2.75) is 31.9 Å². The molecule has 0 unspecified atom stereocenters. The molecular formula is C18H25N3O2. The van der Waals surface area contributed by atoms with Gasteiger partial charge < -0.3 is 15.0 Å². The molecule has 1 heterocycles. The van der Waals surface area contributed by atoms with E-state index in [9.17, 15) is 4.79 Å². The van der Waals surface area contributed by atoms with Crippen LogP contribution in [-0.2, 0) is 9.53 Å². The van der Waals surface area contributed by atoms with Crippen molar-refractivity contribution in [3.05, 3.63) is 35.4 Å². The van der Waals surface area contributed by atoms with E-state index in [1.165, 1.54) is 5.56 Å². The fourth-order valence-corrected chi connectivity index (χ4v) is 3.02. The molecule has 23 heavy (non-hydrogen) atoms. The van der Waals surface area contributed by atoms with Crippen LogP contribution in [0.15, 0.2) is 29.3 Å². The lowest BCUT2D eigenvalue weighted by atomic mass is 10.0. The Hall–Kier alpha value is -1.72. The zero-order valence-electron chi connectivity index (χ0n) is 13.9. The summed E-state index contributed by atoms with van der Waals surface area (Å²) in [5.74, 6) is 0.0921. The minimum Gasteiger partial charge on any atom is -0.366 e.